The fourth-order valence-electron chi connectivity index (χ4n) is 4.51. The van der Waals surface area contributed by atoms with Crippen molar-refractivity contribution in [3.05, 3.63) is 0 Å². The number of aliphatic hydroxyl groups excluding tert-OH is 1. The van der Waals surface area contributed by atoms with E-state index < -0.39 is 20.9 Å². The van der Waals surface area contributed by atoms with Crippen LogP contribution in [0.2, 0.25) is 19.6 Å². The van der Waals surface area contributed by atoms with E-state index >= 15 is 0 Å². The van der Waals surface area contributed by atoms with Crippen LogP contribution >= 0.6 is 15.9 Å². The van der Waals surface area contributed by atoms with Gasteiger partial charge in [-0.25, -0.2) is 0 Å². The minimum atomic E-state index is -1.83. The first-order valence-electron chi connectivity index (χ1n) is 11.5. The van der Waals surface area contributed by atoms with Gasteiger partial charge in [0.25, 0.3) is 0 Å². The smallest absolute Gasteiger partial charge is 0.184 e. The first kappa shape index (κ1) is 26.7. The third-order valence-corrected chi connectivity index (χ3v) is 8.05. The molecule has 4 unspecified atom stereocenters. The molecule has 2 aliphatic rings. The first-order valence-corrected chi connectivity index (χ1v) is 16.0. The van der Waals surface area contributed by atoms with Gasteiger partial charge in [0.05, 0.1) is 31.5 Å². The second-order valence-corrected chi connectivity index (χ2v) is 15.2. The Morgan fingerprint density at radius 2 is 1.43 bits per heavy atom. The van der Waals surface area contributed by atoms with Crippen LogP contribution in [-0.4, -0.2) is 69.0 Å². The largest absolute Gasteiger partial charge is 0.409 e. The van der Waals surface area contributed by atoms with E-state index in [1.54, 1.807) is 0 Å². The molecule has 8 heteroatoms. The fraction of sp³-hybridized carbons (Fsp3) is 1.00. The van der Waals surface area contributed by atoms with Gasteiger partial charge in [-0.3, -0.25) is 0 Å². The van der Waals surface area contributed by atoms with Gasteiger partial charge in [0.15, 0.2) is 20.9 Å². The molecule has 2 heterocycles. The summed E-state index contributed by atoms with van der Waals surface area (Å²) in [5.74, 6) is 0.964. The summed E-state index contributed by atoms with van der Waals surface area (Å²) in [6.45, 7) is 17.9. The molecule has 0 spiro atoms. The Kier molecular flexibility index (Phi) is 10.3. The van der Waals surface area contributed by atoms with Crippen LogP contribution < -0.4 is 0 Å². The predicted molar refractivity (Wildman–Crippen MR) is 124 cm³/mol. The van der Waals surface area contributed by atoms with E-state index in [0.29, 0.717) is 12.5 Å². The maximum absolute atomic E-state index is 9.88. The molecule has 178 valence electrons. The van der Waals surface area contributed by atoms with E-state index in [1.807, 2.05) is 0 Å². The highest BCUT2D eigenvalue weighted by Crippen LogP contribution is 2.39. The maximum Gasteiger partial charge on any atom is 0.184 e. The topological polar surface area (TPSA) is 66.4 Å². The van der Waals surface area contributed by atoms with E-state index in [-0.39, 0.29) is 48.8 Å². The Labute approximate surface area is 192 Å². The Morgan fingerprint density at radius 3 is 1.97 bits per heavy atom. The molecule has 2 saturated heterocycles. The minimum Gasteiger partial charge on any atom is -0.409 e. The van der Waals surface area contributed by atoms with Crippen LogP contribution in [0.1, 0.15) is 41.0 Å². The van der Waals surface area contributed by atoms with Gasteiger partial charge in [-0.1, -0.05) is 50.5 Å². The van der Waals surface area contributed by atoms with E-state index in [4.69, 9.17) is 23.4 Å². The van der Waals surface area contributed by atoms with Crippen molar-refractivity contribution in [1.29, 1.82) is 0 Å². The summed E-state index contributed by atoms with van der Waals surface area (Å²) >= 11 is 3.44. The maximum atomic E-state index is 9.88. The molecule has 2 aliphatic heterocycles. The zero-order valence-electron chi connectivity index (χ0n) is 20.0. The van der Waals surface area contributed by atoms with Crippen LogP contribution in [-0.2, 0) is 23.4 Å². The number of hydrogen-bond donors (Lipinski definition) is 1. The highest BCUT2D eigenvalue weighted by atomic mass is 79.9. The summed E-state index contributed by atoms with van der Waals surface area (Å²) in [5, 5.41) is 10.6. The molecule has 0 aromatic heterocycles. The monoisotopic (exact) mass is 510 g/mol. The lowest BCUT2D eigenvalue weighted by molar-refractivity contribution is -0.343. The SMILES string of the molecule is CCC1O[C@H](OCCBr)C(O[C@H]2OC(CO)[C@@H](C)[C@H](C)C2O[Si](C)(C)C)[C@@H](C)[C@@H]1C. The summed E-state index contributed by atoms with van der Waals surface area (Å²) in [6.07, 6.45) is -0.639. The third kappa shape index (κ3) is 6.50. The quantitative estimate of drug-likeness (QED) is 0.366. The third-order valence-electron chi connectivity index (χ3n) is 6.74. The minimum absolute atomic E-state index is 0.0282. The molecule has 2 rings (SSSR count). The lowest BCUT2D eigenvalue weighted by Crippen LogP contribution is -2.59. The molecule has 0 saturated carbocycles. The standard InChI is InChI=1S/C22H43BrO6Si/c1-9-17-13(2)15(4)19(21(26-17)25-11-10-23)28-22-20(29-30(6,7)8)16(5)14(3)18(12-24)27-22/h13-22,24H,9-12H2,1-8H3/t13-,14-,15-,16-,17?,18?,19?,20?,21-,22+/m0/s1. The Morgan fingerprint density at radius 1 is 0.867 bits per heavy atom. The zero-order valence-corrected chi connectivity index (χ0v) is 22.6. The average Bonchev–Trinajstić information content (AvgIpc) is 2.69. The summed E-state index contributed by atoms with van der Waals surface area (Å²) < 4.78 is 31.8. The molecule has 10 atom stereocenters. The Bertz CT molecular complexity index is 518. The van der Waals surface area contributed by atoms with E-state index in [9.17, 15) is 5.11 Å². The molecule has 0 aliphatic carbocycles. The summed E-state index contributed by atoms with van der Waals surface area (Å²) in [5.41, 5.74) is 0. The van der Waals surface area contributed by atoms with Gasteiger partial charge in [0, 0.05) is 5.33 Å². The van der Waals surface area contributed by atoms with Crippen LogP contribution in [0.4, 0.5) is 0 Å². The van der Waals surface area contributed by atoms with E-state index in [2.05, 4.69) is 70.2 Å². The fourth-order valence-corrected chi connectivity index (χ4v) is 5.84. The van der Waals surface area contributed by atoms with Crippen LogP contribution in [0, 0.1) is 23.7 Å². The van der Waals surface area contributed by atoms with Crippen molar-refractivity contribution in [1.82, 2.24) is 0 Å². The number of rotatable bonds is 9. The van der Waals surface area contributed by atoms with Gasteiger partial charge in [-0.2, -0.15) is 0 Å². The molecule has 0 amide bonds. The van der Waals surface area contributed by atoms with Gasteiger partial charge in [0.2, 0.25) is 0 Å². The Hall–Kier alpha value is 0.457. The highest BCUT2D eigenvalue weighted by Gasteiger charge is 2.49. The van der Waals surface area contributed by atoms with Crippen molar-refractivity contribution in [2.24, 2.45) is 23.7 Å². The highest BCUT2D eigenvalue weighted by molar-refractivity contribution is 9.09. The molecular weight excluding hydrogens is 468 g/mol. The van der Waals surface area contributed by atoms with Gasteiger partial charge < -0.3 is 28.5 Å². The molecule has 0 aromatic carbocycles. The van der Waals surface area contributed by atoms with Crippen molar-refractivity contribution in [2.75, 3.05) is 18.5 Å². The lowest BCUT2D eigenvalue weighted by Gasteiger charge is -2.50. The summed E-state index contributed by atoms with van der Waals surface area (Å²) in [7, 11) is -1.83. The first-order chi connectivity index (χ1) is 14.0. The number of hydrogen-bond acceptors (Lipinski definition) is 6. The zero-order chi connectivity index (χ0) is 22.6. The van der Waals surface area contributed by atoms with E-state index in [0.717, 1.165) is 11.8 Å². The number of alkyl halides is 1. The molecule has 2 fully saturated rings. The van der Waals surface area contributed by atoms with Crippen molar-refractivity contribution in [3.8, 4) is 0 Å². The molecule has 0 radical (unpaired) electrons. The van der Waals surface area contributed by atoms with E-state index in [1.165, 1.54) is 0 Å². The van der Waals surface area contributed by atoms with Gasteiger partial charge in [0.1, 0.15) is 6.10 Å². The number of ether oxygens (including phenoxy) is 4. The van der Waals surface area contributed by atoms with Crippen molar-refractivity contribution in [3.63, 3.8) is 0 Å². The second kappa shape index (κ2) is 11.5. The number of halogens is 1. The molecule has 1 N–H and O–H groups in total. The predicted octanol–water partition coefficient (Wildman–Crippen LogP) is 4.40. The Balaban J connectivity index is 2.27. The summed E-state index contributed by atoms with van der Waals surface area (Å²) in [4.78, 5) is 0. The molecule has 0 bridgehead atoms. The summed E-state index contributed by atoms with van der Waals surface area (Å²) in [6, 6.07) is 0. The van der Waals surface area contributed by atoms with Crippen LogP contribution in [0.25, 0.3) is 0 Å². The van der Waals surface area contributed by atoms with Crippen LogP contribution in [0.5, 0.6) is 0 Å². The molecular formula is C22H43BrO6Si. The normalized spacial score (nSPS) is 43.0. The number of aliphatic hydroxyl groups is 1. The van der Waals surface area contributed by atoms with Crippen molar-refractivity contribution in [2.45, 2.75) is 97.7 Å². The van der Waals surface area contributed by atoms with Gasteiger partial charge in [-0.15, -0.1) is 0 Å². The lowest BCUT2D eigenvalue weighted by atomic mass is 9.81. The molecule has 30 heavy (non-hydrogen) atoms. The van der Waals surface area contributed by atoms with Crippen molar-refractivity contribution >= 4 is 24.2 Å². The van der Waals surface area contributed by atoms with Gasteiger partial charge in [-0.05, 0) is 49.7 Å². The molecule has 6 nitrogen and oxygen atoms in total. The molecule has 0 aromatic rings. The van der Waals surface area contributed by atoms with Gasteiger partial charge >= 0.3 is 0 Å². The second-order valence-electron chi connectivity index (χ2n) is 9.97. The average molecular weight is 512 g/mol. The van der Waals surface area contributed by atoms with Crippen molar-refractivity contribution < 1.29 is 28.5 Å². The van der Waals surface area contributed by atoms with Crippen LogP contribution in [0.15, 0.2) is 0 Å². The van der Waals surface area contributed by atoms with Crippen LogP contribution in [0.3, 0.4) is 0 Å².